The van der Waals surface area contributed by atoms with Crippen molar-refractivity contribution in [3.05, 3.63) is 59.7 Å². The Morgan fingerprint density at radius 1 is 1.14 bits per heavy atom. The Balaban J connectivity index is 2.09. The molecule has 0 aliphatic rings. The van der Waals surface area contributed by atoms with Crippen molar-refractivity contribution in [1.82, 2.24) is 5.32 Å². The molecule has 0 fully saturated rings. The lowest BCUT2D eigenvalue weighted by Gasteiger charge is -2.24. The summed E-state index contributed by atoms with van der Waals surface area (Å²) in [6.45, 7) is 5.87. The molecule has 0 saturated heterocycles. The second-order valence-electron chi connectivity index (χ2n) is 6.84. The maximum Gasteiger partial charge on any atom is 0.241 e. The molecule has 0 heterocycles. The summed E-state index contributed by atoms with van der Waals surface area (Å²) in [6.07, 6.45) is 1.85. The zero-order valence-electron chi connectivity index (χ0n) is 16.8. The molecular formula is C21H28N2O4S. The Morgan fingerprint density at radius 2 is 1.86 bits per heavy atom. The zero-order valence-corrected chi connectivity index (χ0v) is 17.6. The molecule has 1 amide bonds. The molecule has 0 aromatic heterocycles. The van der Waals surface area contributed by atoms with Crippen molar-refractivity contribution in [3.8, 4) is 5.75 Å². The van der Waals surface area contributed by atoms with Gasteiger partial charge in [0.2, 0.25) is 15.9 Å². The van der Waals surface area contributed by atoms with Crippen LogP contribution in [0.25, 0.3) is 0 Å². The summed E-state index contributed by atoms with van der Waals surface area (Å²) in [5, 5.41) is 2.79. The normalized spacial score (nSPS) is 11.3. The molecule has 0 aliphatic heterocycles. The van der Waals surface area contributed by atoms with Gasteiger partial charge in [-0.2, -0.15) is 0 Å². The van der Waals surface area contributed by atoms with Gasteiger partial charge < -0.3 is 10.1 Å². The number of nitrogens with one attached hydrogen (secondary N) is 1. The van der Waals surface area contributed by atoms with Crippen LogP contribution >= 0.6 is 0 Å². The van der Waals surface area contributed by atoms with Crippen LogP contribution in [0.15, 0.2) is 48.5 Å². The maximum atomic E-state index is 12.5. The Kier molecular flexibility index (Phi) is 7.45. The van der Waals surface area contributed by atoms with Gasteiger partial charge in [-0.15, -0.1) is 0 Å². The van der Waals surface area contributed by atoms with Gasteiger partial charge in [0.15, 0.2) is 0 Å². The molecule has 0 unspecified atom stereocenters. The van der Waals surface area contributed by atoms with Crippen LogP contribution < -0.4 is 14.4 Å². The highest BCUT2D eigenvalue weighted by atomic mass is 32.2. The SMILES string of the molecule is CCc1ccccc1N(CC(=O)NCc1cccc(OC(C)C)c1)S(C)(=O)=O. The number of aryl methyl sites for hydroxylation is 1. The van der Waals surface area contributed by atoms with Crippen LogP contribution in [-0.2, 0) is 27.8 Å². The molecule has 0 aliphatic carbocycles. The smallest absolute Gasteiger partial charge is 0.241 e. The van der Waals surface area contributed by atoms with E-state index in [1.54, 1.807) is 12.1 Å². The fourth-order valence-electron chi connectivity index (χ4n) is 2.82. The number of hydrogen-bond acceptors (Lipinski definition) is 4. The highest BCUT2D eigenvalue weighted by Gasteiger charge is 2.22. The summed E-state index contributed by atoms with van der Waals surface area (Å²) in [5.41, 5.74) is 2.29. The van der Waals surface area contributed by atoms with Gasteiger partial charge in [0.25, 0.3) is 0 Å². The molecule has 7 heteroatoms. The fourth-order valence-corrected chi connectivity index (χ4v) is 3.71. The third-order valence-corrected chi connectivity index (χ3v) is 5.22. The molecule has 152 valence electrons. The first-order valence-corrected chi connectivity index (χ1v) is 11.1. The first-order valence-electron chi connectivity index (χ1n) is 9.28. The Bertz CT molecular complexity index is 910. The molecule has 0 saturated carbocycles. The Morgan fingerprint density at radius 3 is 2.50 bits per heavy atom. The standard InChI is InChI=1S/C21H28N2O4S/c1-5-18-10-6-7-12-20(18)23(28(4,25)26)15-21(24)22-14-17-9-8-11-19(13-17)27-16(2)3/h6-13,16H,5,14-15H2,1-4H3,(H,22,24). The predicted molar refractivity (Wildman–Crippen MR) is 112 cm³/mol. The van der Waals surface area contributed by atoms with Crippen LogP contribution in [0.2, 0.25) is 0 Å². The molecule has 6 nitrogen and oxygen atoms in total. The van der Waals surface area contributed by atoms with Gasteiger partial charge in [-0.3, -0.25) is 9.10 Å². The molecule has 2 rings (SSSR count). The van der Waals surface area contributed by atoms with Gasteiger partial charge in [0.05, 0.1) is 18.0 Å². The van der Waals surface area contributed by atoms with Gasteiger partial charge >= 0.3 is 0 Å². The summed E-state index contributed by atoms with van der Waals surface area (Å²) < 4.78 is 31.4. The number of para-hydroxylation sites is 1. The first-order chi connectivity index (χ1) is 13.2. The van der Waals surface area contributed by atoms with Crippen LogP contribution in [0.4, 0.5) is 5.69 Å². The lowest BCUT2D eigenvalue weighted by Crippen LogP contribution is -2.40. The number of anilines is 1. The van der Waals surface area contributed by atoms with Crippen molar-refractivity contribution in [2.24, 2.45) is 0 Å². The molecule has 0 atom stereocenters. The summed E-state index contributed by atoms with van der Waals surface area (Å²) >= 11 is 0. The van der Waals surface area contributed by atoms with Gasteiger partial charge in [-0.1, -0.05) is 37.3 Å². The zero-order chi connectivity index (χ0) is 20.7. The Hall–Kier alpha value is -2.54. The van der Waals surface area contributed by atoms with E-state index < -0.39 is 10.0 Å². The average Bonchev–Trinajstić information content (AvgIpc) is 2.63. The molecule has 1 N–H and O–H groups in total. The van der Waals surface area contributed by atoms with Crippen molar-refractivity contribution < 1.29 is 17.9 Å². The van der Waals surface area contributed by atoms with Crippen LogP contribution in [0.3, 0.4) is 0 Å². The largest absolute Gasteiger partial charge is 0.491 e. The highest BCUT2D eigenvalue weighted by Crippen LogP contribution is 2.23. The molecular weight excluding hydrogens is 376 g/mol. The van der Waals surface area contributed by atoms with E-state index in [2.05, 4.69) is 5.32 Å². The third-order valence-electron chi connectivity index (χ3n) is 4.09. The minimum Gasteiger partial charge on any atom is -0.491 e. The lowest BCUT2D eigenvalue weighted by molar-refractivity contribution is -0.119. The number of benzene rings is 2. The van der Waals surface area contributed by atoms with Gasteiger partial charge in [0.1, 0.15) is 12.3 Å². The molecule has 28 heavy (non-hydrogen) atoms. The third kappa shape index (κ3) is 6.27. The molecule has 0 spiro atoms. The number of carbonyl (C=O) groups is 1. The van der Waals surface area contributed by atoms with E-state index in [-0.39, 0.29) is 18.6 Å². The van der Waals surface area contributed by atoms with E-state index in [1.165, 1.54) is 0 Å². The number of ether oxygens (including phenoxy) is 1. The summed E-state index contributed by atoms with van der Waals surface area (Å²) in [4.78, 5) is 12.5. The first kappa shape index (κ1) is 21.8. The molecule has 2 aromatic carbocycles. The quantitative estimate of drug-likeness (QED) is 0.697. The summed E-state index contributed by atoms with van der Waals surface area (Å²) in [6, 6.07) is 14.7. The van der Waals surface area contributed by atoms with Gasteiger partial charge in [0, 0.05) is 6.54 Å². The van der Waals surface area contributed by atoms with E-state index in [4.69, 9.17) is 4.74 Å². The van der Waals surface area contributed by atoms with Crippen molar-refractivity contribution in [2.75, 3.05) is 17.1 Å². The van der Waals surface area contributed by atoms with Crippen molar-refractivity contribution in [1.29, 1.82) is 0 Å². The van der Waals surface area contributed by atoms with Crippen LogP contribution in [0.1, 0.15) is 31.9 Å². The van der Waals surface area contributed by atoms with E-state index in [9.17, 15) is 13.2 Å². The summed E-state index contributed by atoms with van der Waals surface area (Å²) in [5.74, 6) is 0.364. The number of hydrogen-bond donors (Lipinski definition) is 1. The Labute approximate surface area is 167 Å². The monoisotopic (exact) mass is 404 g/mol. The average molecular weight is 405 g/mol. The van der Waals surface area contributed by atoms with E-state index in [0.29, 0.717) is 18.7 Å². The minimum absolute atomic E-state index is 0.0618. The number of amides is 1. The fraction of sp³-hybridized carbons (Fsp3) is 0.381. The van der Waals surface area contributed by atoms with E-state index in [0.717, 1.165) is 27.4 Å². The number of nitrogens with zero attached hydrogens (tertiary/aromatic N) is 1. The lowest BCUT2D eigenvalue weighted by atomic mass is 10.1. The molecule has 0 radical (unpaired) electrons. The predicted octanol–water partition coefficient (Wildman–Crippen LogP) is 3.12. The number of carbonyl (C=O) groups excluding carboxylic acids is 1. The maximum absolute atomic E-state index is 12.5. The van der Waals surface area contributed by atoms with E-state index >= 15 is 0 Å². The number of rotatable bonds is 9. The second kappa shape index (κ2) is 9.59. The minimum atomic E-state index is -3.60. The van der Waals surface area contributed by atoms with Crippen LogP contribution in [0, 0.1) is 0 Å². The van der Waals surface area contributed by atoms with Crippen LogP contribution in [-0.4, -0.2) is 33.2 Å². The van der Waals surface area contributed by atoms with E-state index in [1.807, 2.05) is 57.2 Å². The summed E-state index contributed by atoms with van der Waals surface area (Å²) in [7, 11) is -3.60. The van der Waals surface area contributed by atoms with Crippen molar-refractivity contribution in [3.63, 3.8) is 0 Å². The van der Waals surface area contributed by atoms with Crippen molar-refractivity contribution in [2.45, 2.75) is 39.8 Å². The number of sulfonamides is 1. The van der Waals surface area contributed by atoms with Crippen molar-refractivity contribution >= 4 is 21.6 Å². The van der Waals surface area contributed by atoms with Gasteiger partial charge in [-0.05, 0) is 49.6 Å². The highest BCUT2D eigenvalue weighted by molar-refractivity contribution is 7.92. The second-order valence-corrected chi connectivity index (χ2v) is 8.75. The van der Waals surface area contributed by atoms with Gasteiger partial charge in [-0.25, -0.2) is 8.42 Å². The molecule has 0 bridgehead atoms. The topological polar surface area (TPSA) is 75.7 Å². The molecule has 2 aromatic rings. The van der Waals surface area contributed by atoms with Crippen LogP contribution in [0.5, 0.6) is 5.75 Å².